The summed E-state index contributed by atoms with van der Waals surface area (Å²) in [5.41, 5.74) is 5.04. The quantitative estimate of drug-likeness (QED) is 0.395. The van der Waals surface area contributed by atoms with Crippen LogP contribution in [-0.4, -0.2) is 30.1 Å². The topological polar surface area (TPSA) is 76.2 Å². The molecule has 2 N–H and O–H groups in total. The van der Waals surface area contributed by atoms with Crippen molar-refractivity contribution < 1.29 is 14.3 Å². The number of allylic oxidation sites excluding steroid dienone is 1. The lowest BCUT2D eigenvalue weighted by Gasteiger charge is -2.21. The van der Waals surface area contributed by atoms with Gasteiger partial charge in [0.25, 0.3) is 5.91 Å². The molecule has 1 heterocycles. The van der Waals surface area contributed by atoms with E-state index in [1.807, 2.05) is 54.6 Å². The van der Waals surface area contributed by atoms with Crippen molar-refractivity contribution in [2.45, 2.75) is 12.5 Å². The van der Waals surface area contributed by atoms with Gasteiger partial charge in [0.05, 0.1) is 37.6 Å². The van der Waals surface area contributed by atoms with Gasteiger partial charge in [0, 0.05) is 11.1 Å². The number of aromatic nitrogens is 2. The van der Waals surface area contributed by atoms with Gasteiger partial charge in [0.15, 0.2) is 11.5 Å². The number of nitrogens with zero attached hydrogens (tertiary/aromatic N) is 1. The fourth-order valence-electron chi connectivity index (χ4n) is 3.83. The minimum Gasteiger partial charge on any atom is -0.493 e. The highest BCUT2D eigenvalue weighted by Gasteiger charge is 2.21. The van der Waals surface area contributed by atoms with E-state index in [0.29, 0.717) is 23.5 Å². The number of fused-ring (bicyclic) bond motifs is 1. The van der Waals surface area contributed by atoms with E-state index in [1.54, 1.807) is 32.7 Å². The van der Waals surface area contributed by atoms with E-state index in [2.05, 4.69) is 21.9 Å². The number of nitrogens with one attached hydrogen (secondary N) is 2. The number of methoxy groups -OCH3 is 2. The third kappa shape index (κ3) is 4.21. The Morgan fingerprint density at radius 3 is 2.62 bits per heavy atom. The van der Waals surface area contributed by atoms with Crippen LogP contribution in [0.1, 0.15) is 33.1 Å². The number of carbonyl (C=O) groups excluding carboxylic acids is 1. The molecular formula is C26H25N3O3. The largest absolute Gasteiger partial charge is 0.493 e. The van der Waals surface area contributed by atoms with E-state index in [1.165, 1.54) is 0 Å². The summed E-state index contributed by atoms with van der Waals surface area (Å²) in [6.45, 7) is 3.80. The Kier molecular flexibility index (Phi) is 6.22. The summed E-state index contributed by atoms with van der Waals surface area (Å²) in [4.78, 5) is 20.8. The molecule has 3 aromatic carbocycles. The maximum absolute atomic E-state index is 13.4. The van der Waals surface area contributed by atoms with Crippen LogP contribution in [0.2, 0.25) is 0 Å². The highest BCUT2D eigenvalue weighted by Crippen LogP contribution is 2.34. The normalized spacial score (nSPS) is 11.7. The summed E-state index contributed by atoms with van der Waals surface area (Å²) >= 11 is 0. The summed E-state index contributed by atoms with van der Waals surface area (Å²) in [5, 5.41) is 3.19. The third-order valence-corrected chi connectivity index (χ3v) is 5.37. The molecule has 0 saturated heterocycles. The number of hydrogen-bond acceptors (Lipinski definition) is 4. The van der Waals surface area contributed by atoms with Crippen molar-refractivity contribution in [2.75, 3.05) is 14.2 Å². The number of rotatable bonds is 8. The zero-order chi connectivity index (χ0) is 22.5. The molecule has 0 bridgehead atoms. The van der Waals surface area contributed by atoms with E-state index in [4.69, 9.17) is 9.47 Å². The molecule has 162 valence electrons. The van der Waals surface area contributed by atoms with Gasteiger partial charge in [0.1, 0.15) is 0 Å². The van der Waals surface area contributed by atoms with Crippen molar-refractivity contribution in [2.24, 2.45) is 0 Å². The van der Waals surface area contributed by atoms with Crippen LogP contribution in [0.3, 0.4) is 0 Å². The van der Waals surface area contributed by atoms with Crippen molar-refractivity contribution in [3.8, 4) is 11.5 Å². The molecule has 6 heteroatoms. The molecule has 4 aromatic rings. The molecule has 0 aliphatic carbocycles. The van der Waals surface area contributed by atoms with Gasteiger partial charge in [0.2, 0.25) is 0 Å². The van der Waals surface area contributed by atoms with Crippen LogP contribution < -0.4 is 14.8 Å². The van der Waals surface area contributed by atoms with Gasteiger partial charge in [-0.1, -0.05) is 42.5 Å². The number of carbonyl (C=O) groups is 1. The lowest BCUT2D eigenvalue weighted by atomic mass is 9.97. The maximum Gasteiger partial charge on any atom is 0.252 e. The first-order valence-corrected chi connectivity index (χ1v) is 10.3. The molecule has 1 atom stereocenters. The molecule has 1 unspecified atom stereocenters. The third-order valence-electron chi connectivity index (χ3n) is 5.37. The average molecular weight is 428 g/mol. The molecule has 32 heavy (non-hydrogen) atoms. The Labute approximate surface area is 186 Å². The first-order valence-electron chi connectivity index (χ1n) is 10.3. The number of hydrogen-bond donors (Lipinski definition) is 2. The molecule has 0 aliphatic rings. The van der Waals surface area contributed by atoms with Crippen LogP contribution in [0, 0.1) is 0 Å². The molecule has 0 fully saturated rings. The smallest absolute Gasteiger partial charge is 0.252 e. The molecule has 1 amide bonds. The second kappa shape index (κ2) is 9.39. The minimum atomic E-state index is -0.340. The van der Waals surface area contributed by atoms with Crippen LogP contribution >= 0.6 is 0 Å². The molecule has 0 saturated carbocycles. The van der Waals surface area contributed by atoms with Gasteiger partial charge in [-0.15, -0.1) is 6.58 Å². The standard InChI is InChI=1S/C26H25N3O3/c1-4-8-19-13-20(15-23(31-2)25(19)32-3)26(30)29-24(17-9-6-5-7-10-17)18-11-12-21-22(14-18)28-16-27-21/h4-7,9-16,24H,1,8H2,2-3H3,(H,27,28)(H,29,30). The average Bonchev–Trinajstić information content (AvgIpc) is 3.30. The number of imidazole rings is 1. The lowest BCUT2D eigenvalue weighted by molar-refractivity contribution is 0.0942. The first-order chi connectivity index (χ1) is 15.6. The Morgan fingerprint density at radius 1 is 1.09 bits per heavy atom. The van der Waals surface area contributed by atoms with Crippen LogP contribution in [0.5, 0.6) is 11.5 Å². The minimum absolute atomic E-state index is 0.213. The summed E-state index contributed by atoms with van der Waals surface area (Å²) in [5.74, 6) is 0.898. The van der Waals surface area contributed by atoms with Crippen molar-refractivity contribution >= 4 is 16.9 Å². The highest BCUT2D eigenvalue weighted by molar-refractivity contribution is 5.96. The van der Waals surface area contributed by atoms with Gasteiger partial charge in [-0.3, -0.25) is 4.79 Å². The highest BCUT2D eigenvalue weighted by atomic mass is 16.5. The molecule has 0 aliphatic heterocycles. The van der Waals surface area contributed by atoms with Crippen molar-refractivity contribution in [3.05, 3.63) is 102 Å². The molecular weight excluding hydrogens is 402 g/mol. The second-order valence-corrected chi connectivity index (χ2v) is 7.36. The number of aromatic amines is 1. The van der Waals surface area contributed by atoms with Crippen molar-refractivity contribution in [1.29, 1.82) is 0 Å². The van der Waals surface area contributed by atoms with Gasteiger partial charge < -0.3 is 19.8 Å². The Hall–Kier alpha value is -4.06. The predicted octanol–water partition coefficient (Wildman–Crippen LogP) is 4.83. The Bertz CT molecular complexity index is 1250. The lowest BCUT2D eigenvalue weighted by Crippen LogP contribution is -2.29. The van der Waals surface area contributed by atoms with Crippen molar-refractivity contribution in [3.63, 3.8) is 0 Å². The first kappa shape index (κ1) is 21.2. The van der Waals surface area contributed by atoms with Crippen LogP contribution in [0.15, 0.2) is 79.6 Å². The number of H-pyrrole nitrogens is 1. The Morgan fingerprint density at radius 2 is 1.91 bits per heavy atom. The number of benzene rings is 3. The summed E-state index contributed by atoms with van der Waals surface area (Å²) in [6.07, 6.45) is 3.99. The van der Waals surface area contributed by atoms with E-state index in [-0.39, 0.29) is 11.9 Å². The van der Waals surface area contributed by atoms with Gasteiger partial charge in [-0.25, -0.2) is 4.98 Å². The van der Waals surface area contributed by atoms with E-state index < -0.39 is 0 Å². The summed E-state index contributed by atoms with van der Waals surface area (Å²) in [7, 11) is 3.14. The Balaban J connectivity index is 1.73. The van der Waals surface area contributed by atoms with Crippen LogP contribution in [-0.2, 0) is 6.42 Å². The summed E-state index contributed by atoms with van der Waals surface area (Å²) < 4.78 is 11.0. The zero-order valence-corrected chi connectivity index (χ0v) is 18.1. The predicted molar refractivity (Wildman–Crippen MR) is 125 cm³/mol. The summed E-state index contributed by atoms with van der Waals surface area (Å²) in [6, 6.07) is 19.0. The van der Waals surface area contributed by atoms with Gasteiger partial charge in [-0.2, -0.15) is 0 Å². The molecule has 0 spiro atoms. The molecule has 1 aromatic heterocycles. The fraction of sp³-hybridized carbons (Fsp3) is 0.154. The number of amides is 1. The SMILES string of the molecule is C=CCc1cc(C(=O)NC(c2ccccc2)c2ccc3nc[nH]c3c2)cc(OC)c1OC. The van der Waals surface area contributed by atoms with Crippen molar-refractivity contribution in [1.82, 2.24) is 15.3 Å². The van der Waals surface area contributed by atoms with Crippen LogP contribution in [0.25, 0.3) is 11.0 Å². The van der Waals surface area contributed by atoms with Gasteiger partial charge in [-0.05, 0) is 41.8 Å². The fourth-order valence-corrected chi connectivity index (χ4v) is 3.83. The van der Waals surface area contributed by atoms with Gasteiger partial charge >= 0.3 is 0 Å². The second-order valence-electron chi connectivity index (χ2n) is 7.36. The maximum atomic E-state index is 13.4. The van der Waals surface area contributed by atoms with E-state index in [9.17, 15) is 4.79 Å². The zero-order valence-electron chi connectivity index (χ0n) is 18.1. The molecule has 6 nitrogen and oxygen atoms in total. The number of ether oxygens (including phenoxy) is 2. The van der Waals surface area contributed by atoms with Crippen LogP contribution in [0.4, 0.5) is 0 Å². The molecule has 0 radical (unpaired) electrons. The van der Waals surface area contributed by atoms with E-state index in [0.717, 1.165) is 27.7 Å². The van der Waals surface area contributed by atoms with E-state index >= 15 is 0 Å². The monoisotopic (exact) mass is 427 g/mol. The molecule has 4 rings (SSSR count).